The van der Waals surface area contributed by atoms with E-state index in [1.54, 1.807) is 20.2 Å². The smallest absolute Gasteiger partial charge is 0.250 e. The highest BCUT2D eigenvalue weighted by Crippen LogP contribution is 2.19. The largest absolute Gasteiger partial charge is 0.323 e. The van der Waals surface area contributed by atoms with Crippen LogP contribution in [0.25, 0.3) is 0 Å². The molecule has 0 bridgehead atoms. The van der Waals surface area contributed by atoms with Gasteiger partial charge in [0.1, 0.15) is 0 Å². The standard InChI is InChI=1S/C13H21N3O2.ClH/c1-8-6-10(17)16(5)7-9(8)15-12(18)11(14)13(2,3)4;/h6-7,11H,14H2,1-5H3,(H,15,18);1H/t11-;/m1./s1. The highest BCUT2D eigenvalue weighted by Gasteiger charge is 2.27. The van der Waals surface area contributed by atoms with E-state index in [9.17, 15) is 9.59 Å². The van der Waals surface area contributed by atoms with Gasteiger partial charge in [0.15, 0.2) is 0 Å². The normalized spacial score (nSPS) is 12.5. The number of carbonyl (C=O) groups is 1. The van der Waals surface area contributed by atoms with E-state index in [1.165, 1.54) is 10.6 Å². The van der Waals surface area contributed by atoms with Crippen LogP contribution in [0, 0.1) is 12.3 Å². The quantitative estimate of drug-likeness (QED) is 0.864. The molecule has 1 amide bonds. The number of halogens is 1. The van der Waals surface area contributed by atoms with Gasteiger partial charge < -0.3 is 15.6 Å². The summed E-state index contributed by atoms with van der Waals surface area (Å²) in [7, 11) is 1.64. The van der Waals surface area contributed by atoms with Crippen molar-refractivity contribution in [2.24, 2.45) is 18.2 Å². The first-order valence-corrected chi connectivity index (χ1v) is 5.86. The third-order valence-electron chi connectivity index (χ3n) is 2.91. The van der Waals surface area contributed by atoms with Gasteiger partial charge in [-0.1, -0.05) is 20.8 Å². The topological polar surface area (TPSA) is 77.1 Å². The van der Waals surface area contributed by atoms with Crippen molar-refractivity contribution < 1.29 is 4.79 Å². The molecule has 5 nitrogen and oxygen atoms in total. The summed E-state index contributed by atoms with van der Waals surface area (Å²) in [6.07, 6.45) is 1.60. The number of aryl methyl sites for hydroxylation is 2. The van der Waals surface area contributed by atoms with Crippen molar-refractivity contribution in [3.8, 4) is 0 Å². The van der Waals surface area contributed by atoms with Gasteiger partial charge in [-0.2, -0.15) is 0 Å². The molecular formula is C13H22ClN3O2. The highest BCUT2D eigenvalue weighted by molar-refractivity contribution is 5.95. The lowest BCUT2D eigenvalue weighted by molar-refractivity contribution is -0.119. The van der Waals surface area contributed by atoms with Gasteiger partial charge in [-0.05, 0) is 17.9 Å². The Kier molecular flexibility index (Phi) is 5.78. The van der Waals surface area contributed by atoms with E-state index in [-0.39, 0.29) is 29.3 Å². The summed E-state index contributed by atoms with van der Waals surface area (Å²) in [5.74, 6) is -0.246. The van der Waals surface area contributed by atoms with Gasteiger partial charge in [0.2, 0.25) is 5.91 Å². The summed E-state index contributed by atoms with van der Waals surface area (Å²) >= 11 is 0. The maximum absolute atomic E-state index is 12.0. The third-order valence-corrected chi connectivity index (χ3v) is 2.91. The molecule has 1 rings (SSSR count). The van der Waals surface area contributed by atoms with Gasteiger partial charge >= 0.3 is 0 Å². The van der Waals surface area contributed by atoms with Crippen LogP contribution in [0.2, 0.25) is 0 Å². The van der Waals surface area contributed by atoms with E-state index in [2.05, 4.69) is 5.32 Å². The zero-order valence-electron chi connectivity index (χ0n) is 12.0. The number of nitrogens with one attached hydrogen (secondary N) is 1. The van der Waals surface area contributed by atoms with E-state index in [1.807, 2.05) is 20.8 Å². The van der Waals surface area contributed by atoms with Crippen molar-refractivity contribution in [1.29, 1.82) is 0 Å². The first kappa shape index (κ1) is 17.7. The monoisotopic (exact) mass is 287 g/mol. The van der Waals surface area contributed by atoms with Gasteiger partial charge in [0.05, 0.1) is 11.7 Å². The van der Waals surface area contributed by atoms with Crippen molar-refractivity contribution in [2.75, 3.05) is 5.32 Å². The molecule has 1 aromatic heterocycles. The van der Waals surface area contributed by atoms with Crippen molar-refractivity contribution in [1.82, 2.24) is 4.57 Å². The van der Waals surface area contributed by atoms with Gasteiger partial charge in [0.25, 0.3) is 5.56 Å². The molecule has 0 aromatic carbocycles. The van der Waals surface area contributed by atoms with Gasteiger partial charge in [0, 0.05) is 19.3 Å². The van der Waals surface area contributed by atoms with Gasteiger partial charge in [-0.15, -0.1) is 12.4 Å². The molecule has 6 heteroatoms. The number of carbonyl (C=O) groups excluding carboxylic acids is 1. The van der Waals surface area contributed by atoms with Crippen LogP contribution in [0.3, 0.4) is 0 Å². The van der Waals surface area contributed by atoms with Crippen LogP contribution >= 0.6 is 12.4 Å². The zero-order valence-corrected chi connectivity index (χ0v) is 12.8. The van der Waals surface area contributed by atoms with Crippen LogP contribution in [-0.4, -0.2) is 16.5 Å². The van der Waals surface area contributed by atoms with E-state index in [0.29, 0.717) is 5.69 Å². The number of anilines is 1. The van der Waals surface area contributed by atoms with Crippen molar-refractivity contribution in [3.05, 3.63) is 28.2 Å². The highest BCUT2D eigenvalue weighted by atomic mass is 35.5. The number of pyridine rings is 1. The molecule has 108 valence electrons. The average molecular weight is 288 g/mol. The lowest BCUT2D eigenvalue weighted by Crippen LogP contribution is -2.45. The molecule has 1 heterocycles. The van der Waals surface area contributed by atoms with Crippen LogP contribution in [0.4, 0.5) is 5.69 Å². The number of amides is 1. The number of aromatic nitrogens is 1. The molecule has 19 heavy (non-hydrogen) atoms. The second-order valence-corrected chi connectivity index (χ2v) is 5.65. The molecular weight excluding hydrogens is 266 g/mol. The fourth-order valence-electron chi connectivity index (χ4n) is 1.46. The van der Waals surface area contributed by atoms with Crippen LogP contribution in [-0.2, 0) is 11.8 Å². The number of hydrogen-bond acceptors (Lipinski definition) is 3. The maximum atomic E-state index is 12.0. The second-order valence-electron chi connectivity index (χ2n) is 5.65. The Labute approximate surface area is 119 Å². The van der Waals surface area contributed by atoms with Crippen molar-refractivity contribution in [2.45, 2.75) is 33.7 Å². The Morgan fingerprint density at radius 3 is 2.42 bits per heavy atom. The molecule has 1 atom stereocenters. The molecule has 0 saturated heterocycles. The fraction of sp³-hybridized carbons (Fsp3) is 0.538. The maximum Gasteiger partial charge on any atom is 0.250 e. The molecule has 1 aromatic rings. The Morgan fingerprint density at radius 1 is 1.42 bits per heavy atom. The predicted octanol–water partition coefficient (Wildman–Crippen LogP) is 1.43. The average Bonchev–Trinajstić information content (AvgIpc) is 2.23. The third kappa shape index (κ3) is 4.36. The predicted molar refractivity (Wildman–Crippen MR) is 79.7 cm³/mol. The number of nitrogens with two attached hydrogens (primary N) is 1. The fourth-order valence-corrected chi connectivity index (χ4v) is 1.46. The zero-order chi connectivity index (χ0) is 14.1. The van der Waals surface area contributed by atoms with E-state index < -0.39 is 6.04 Å². The summed E-state index contributed by atoms with van der Waals surface area (Å²) < 4.78 is 1.42. The Bertz CT molecular complexity index is 518. The molecule has 0 saturated carbocycles. The second kappa shape index (κ2) is 6.21. The molecule has 0 aliphatic heterocycles. The Hall–Kier alpha value is -1.33. The number of nitrogens with zero attached hydrogens (tertiary/aromatic N) is 1. The minimum Gasteiger partial charge on any atom is -0.323 e. The van der Waals surface area contributed by atoms with Crippen molar-refractivity contribution in [3.63, 3.8) is 0 Å². The molecule has 0 aliphatic rings. The van der Waals surface area contributed by atoms with Gasteiger partial charge in [-0.25, -0.2) is 0 Å². The van der Waals surface area contributed by atoms with Crippen molar-refractivity contribution >= 4 is 24.0 Å². The number of rotatable bonds is 2. The first-order chi connectivity index (χ1) is 8.12. The lowest BCUT2D eigenvalue weighted by Gasteiger charge is -2.26. The summed E-state index contributed by atoms with van der Waals surface area (Å²) in [5.41, 5.74) is 6.81. The Morgan fingerprint density at radius 2 is 1.95 bits per heavy atom. The Balaban J connectivity index is 0.00000324. The minimum atomic E-state index is -0.603. The minimum absolute atomic E-state index is 0. The molecule has 0 radical (unpaired) electrons. The van der Waals surface area contributed by atoms with E-state index in [0.717, 1.165) is 5.56 Å². The molecule has 0 fully saturated rings. The first-order valence-electron chi connectivity index (χ1n) is 5.86. The van der Waals surface area contributed by atoms with Gasteiger partial charge in [-0.3, -0.25) is 9.59 Å². The SMILES string of the molecule is Cc1cc(=O)n(C)cc1NC(=O)[C@@H](N)C(C)(C)C.Cl. The molecule has 3 N–H and O–H groups in total. The van der Waals surface area contributed by atoms with Crippen LogP contribution < -0.4 is 16.6 Å². The van der Waals surface area contributed by atoms with E-state index >= 15 is 0 Å². The van der Waals surface area contributed by atoms with Crippen LogP contribution in [0.5, 0.6) is 0 Å². The summed E-state index contributed by atoms with van der Waals surface area (Å²) in [6.45, 7) is 7.50. The summed E-state index contributed by atoms with van der Waals surface area (Å²) in [5, 5.41) is 2.76. The number of hydrogen-bond donors (Lipinski definition) is 2. The summed E-state index contributed by atoms with van der Waals surface area (Å²) in [6, 6.07) is 0.882. The molecule has 0 spiro atoms. The van der Waals surface area contributed by atoms with E-state index in [4.69, 9.17) is 5.73 Å². The van der Waals surface area contributed by atoms with Crippen LogP contribution in [0.15, 0.2) is 17.1 Å². The molecule has 0 unspecified atom stereocenters. The van der Waals surface area contributed by atoms with Crippen LogP contribution in [0.1, 0.15) is 26.3 Å². The lowest BCUT2D eigenvalue weighted by atomic mass is 9.87. The molecule has 0 aliphatic carbocycles. The summed E-state index contributed by atoms with van der Waals surface area (Å²) in [4.78, 5) is 23.4.